The van der Waals surface area contributed by atoms with Gasteiger partial charge in [-0.3, -0.25) is 4.99 Å². The van der Waals surface area contributed by atoms with Gasteiger partial charge in [-0.2, -0.15) is 0 Å². The largest absolute Gasteiger partial charge is 0.359 e. The SMILES string of the molecule is C/C=C\N=C(C)/C(=C\C(=C/C)c1cnc(NC(C)C)s1)C(/C=C\CC)=C/C(C)Cl.CC.CC. The van der Waals surface area contributed by atoms with E-state index in [1.165, 1.54) is 0 Å². The van der Waals surface area contributed by atoms with E-state index in [0.29, 0.717) is 6.04 Å². The highest BCUT2D eigenvalue weighted by Crippen LogP contribution is 2.29. The van der Waals surface area contributed by atoms with Gasteiger partial charge in [0.1, 0.15) is 0 Å². The maximum absolute atomic E-state index is 6.32. The van der Waals surface area contributed by atoms with Crippen molar-refractivity contribution in [3.05, 3.63) is 64.9 Å². The summed E-state index contributed by atoms with van der Waals surface area (Å²) in [5.74, 6) is 0. The molecule has 0 amide bonds. The summed E-state index contributed by atoms with van der Waals surface area (Å²) in [5, 5.41) is 4.22. The molecule has 0 saturated carbocycles. The first-order valence-electron chi connectivity index (χ1n) is 12.1. The Balaban J connectivity index is 0. The lowest BCUT2D eigenvalue weighted by Gasteiger charge is -2.11. The van der Waals surface area contributed by atoms with Gasteiger partial charge in [0.25, 0.3) is 0 Å². The molecule has 1 aromatic rings. The first kappa shape index (κ1) is 33.3. The van der Waals surface area contributed by atoms with Crippen molar-refractivity contribution in [2.45, 2.75) is 94.0 Å². The molecule has 1 aromatic heterocycles. The van der Waals surface area contributed by atoms with E-state index in [0.717, 1.165) is 38.9 Å². The van der Waals surface area contributed by atoms with Crippen molar-refractivity contribution in [2.75, 3.05) is 5.32 Å². The molecule has 1 heterocycles. The number of allylic oxidation sites excluding steroid dienone is 9. The minimum Gasteiger partial charge on any atom is -0.359 e. The number of aliphatic imine (C=N–C) groups is 1. The summed E-state index contributed by atoms with van der Waals surface area (Å²) in [6, 6.07) is 0.350. The lowest BCUT2D eigenvalue weighted by atomic mass is 9.96. The number of alkyl halides is 1. The standard InChI is InChI=1S/C24H34ClN3S.2C2H6/c1-8-11-12-21(14-18(6)25)22(19(7)26-13-9-2)15-20(10-3)23-16-27-24(29-23)28-17(4)5;2*1-2/h9-18H,8H2,1-7H3,(H,27,28);2*1-2H3/b12-11-,13-9-,20-10+,21-14+,22-15+,26-19-;;. The summed E-state index contributed by atoms with van der Waals surface area (Å²) in [6.45, 7) is 22.4. The van der Waals surface area contributed by atoms with E-state index in [2.05, 4.69) is 66.4 Å². The van der Waals surface area contributed by atoms with Crippen molar-refractivity contribution in [3.63, 3.8) is 0 Å². The Bertz CT molecular complexity index is 822. The Labute approximate surface area is 213 Å². The Hall–Kier alpha value is -1.91. The molecule has 3 nitrogen and oxygen atoms in total. The summed E-state index contributed by atoms with van der Waals surface area (Å²) in [7, 11) is 0. The first-order valence-corrected chi connectivity index (χ1v) is 13.4. The van der Waals surface area contributed by atoms with Crippen LogP contribution >= 0.6 is 22.9 Å². The van der Waals surface area contributed by atoms with E-state index >= 15 is 0 Å². The molecule has 0 radical (unpaired) electrons. The van der Waals surface area contributed by atoms with Gasteiger partial charge in [-0.05, 0) is 65.2 Å². The maximum Gasteiger partial charge on any atom is 0.183 e. The van der Waals surface area contributed by atoms with Gasteiger partial charge in [-0.15, -0.1) is 11.6 Å². The molecule has 0 saturated heterocycles. The summed E-state index contributed by atoms with van der Waals surface area (Å²) in [6.07, 6.45) is 17.3. The molecular weight excluding hydrogens is 446 g/mol. The van der Waals surface area contributed by atoms with E-state index in [1.807, 2.05) is 73.9 Å². The molecule has 0 aromatic carbocycles. The molecule has 0 aliphatic rings. The van der Waals surface area contributed by atoms with Gasteiger partial charge in [0.2, 0.25) is 0 Å². The average molecular weight is 492 g/mol. The predicted octanol–water partition coefficient (Wildman–Crippen LogP) is 9.86. The van der Waals surface area contributed by atoms with Gasteiger partial charge in [-0.25, -0.2) is 4.98 Å². The number of halogens is 1. The zero-order valence-corrected chi connectivity index (χ0v) is 24.2. The molecule has 1 rings (SSSR count). The van der Waals surface area contributed by atoms with E-state index in [4.69, 9.17) is 11.6 Å². The molecule has 1 unspecified atom stereocenters. The Kier molecular flexibility index (Phi) is 20.8. The van der Waals surface area contributed by atoms with Crippen molar-refractivity contribution < 1.29 is 0 Å². The summed E-state index contributed by atoms with van der Waals surface area (Å²) < 4.78 is 0. The van der Waals surface area contributed by atoms with Crippen LogP contribution in [0.25, 0.3) is 5.57 Å². The van der Waals surface area contributed by atoms with Gasteiger partial charge in [0.05, 0.1) is 4.88 Å². The van der Waals surface area contributed by atoms with Crippen LogP contribution in [0.1, 0.15) is 87.5 Å². The smallest absolute Gasteiger partial charge is 0.183 e. The third-order valence-electron chi connectivity index (χ3n) is 3.87. The van der Waals surface area contributed by atoms with Crippen LogP contribution in [-0.4, -0.2) is 22.1 Å². The fraction of sp³-hybridized carbons (Fsp3) is 0.500. The molecule has 0 aliphatic heterocycles. The number of aromatic nitrogens is 1. The van der Waals surface area contributed by atoms with Crippen molar-refractivity contribution in [1.29, 1.82) is 0 Å². The van der Waals surface area contributed by atoms with Crippen molar-refractivity contribution in [1.82, 2.24) is 4.98 Å². The number of anilines is 1. The van der Waals surface area contributed by atoms with Crippen LogP contribution in [0.15, 0.2) is 65.0 Å². The molecule has 0 aliphatic carbocycles. The van der Waals surface area contributed by atoms with Crippen molar-refractivity contribution in [2.24, 2.45) is 4.99 Å². The van der Waals surface area contributed by atoms with Crippen LogP contribution in [0.4, 0.5) is 5.13 Å². The molecule has 33 heavy (non-hydrogen) atoms. The second kappa shape index (κ2) is 20.7. The molecule has 1 N–H and O–H groups in total. The monoisotopic (exact) mass is 491 g/mol. The van der Waals surface area contributed by atoms with Gasteiger partial charge >= 0.3 is 0 Å². The highest BCUT2D eigenvalue weighted by Gasteiger charge is 2.12. The Morgan fingerprint density at radius 1 is 1.18 bits per heavy atom. The number of nitrogens with zero attached hydrogens (tertiary/aromatic N) is 2. The van der Waals surface area contributed by atoms with E-state index in [-0.39, 0.29) is 5.38 Å². The Morgan fingerprint density at radius 2 is 1.82 bits per heavy atom. The third kappa shape index (κ3) is 14.1. The third-order valence-corrected chi connectivity index (χ3v) is 4.98. The minimum absolute atomic E-state index is 0.0799. The van der Waals surface area contributed by atoms with Gasteiger partial charge < -0.3 is 5.32 Å². The van der Waals surface area contributed by atoms with Crippen LogP contribution in [-0.2, 0) is 0 Å². The molecule has 0 fully saturated rings. The minimum atomic E-state index is -0.0799. The number of rotatable bonds is 10. The quantitative estimate of drug-likeness (QED) is 0.201. The molecule has 186 valence electrons. The number of hydrogen-bond donors (Lipinski definition) is 1. The topological polar surface area (TPSA) is 37.3 Å². The number of thiazole rings is 1. The van der Waals surface area contributed by atoms with Crippen LogP contribution in [0.2, 0.25) is 0 Å². The highest BCUT2D eigenvalue weighted by molar-refractivity contribution is 7.16. The number of hydrogen-bond acceptors (Lipinski definition) is 4. The predicted molar refractivity (Wildman–Crippen MR) is 156 cm³/mol. The molecule has 0 spiro atoms. The van der Waals surface area contributed by atoms with Crippen LogP contribution in [0.3, 0.4) is 0 Å². The van der Waals surface area contributed by atoms with Gasteiger partial charge in [0.15, 0.2) is 5.13 Å². The molecule has 0 bridgehead atoms. The zero-order chi connectivity index (χ0) is 25.8. The van der Waals surface area contributed by atoms with Crippen molar-refractivity contribution in [3.8, 4) is 0 Å². The molecular formula is C28H46ClN3S. The van der Waals surface area contributed by atoms with Crippen LogP contribution in [0, 0.1) is 0 Å². The maximum atomic E-state index is 6.32. The summed E-state index contributed by atoms with van der Waals surface area (Å²) in [4.78, 5) is 10.2. The lowest BCUT2D eigenvalue weighted by molar-refractivity contribution is 0.896. The molecule has 5 heteroatoms. The fourth-order valence-electron chi connectivity index (χ4n) is 2.55. The van der Waals surface area contributed by atoms with E-state index in [9.17, 15) is 0 Å². The van der Waals surface area contributed by atoms with E-state index in [1.54, 1.807) is 11.3 Å². The molecule has 1 atom stereocenters. The summed E-state index contributed by atoms with van der Waals surface area (Å²) >= 11 is 7.98. The zero-order valence-electron chi connectivity index (χ0n) is 22.7. The van der Waals surface area contributed by atoms with Gasteiger partial charge in [-0.1, -0.05) is 76.3 Å². The lowest BCUT2D eigenvalue weighted by Crippen LogP contribution is -2.08. The fourth-order valence-corrected chi connectivity index (χ4v) is 3.70. The highest BCUT2D eigenvalue weighted by atomic mass is 35.5. The number of nitrogens with one attached hydrogen (secondary N) is 1. The van der Waals surface area contributed by atoms with E-state index < -0.39 is 0 Å². The average Bonchev–Trinajstić information content (AvgIpc) is 3.25. The van der Waals surface area contributed by atoms with Crippen molar-refractivity contribution >= 4 is 39.4 Å². The summed E-state index contributed by atoms with van der Waals surface area (Å²) in [5.41, 5.74) is 4.18. The normalized spacial score (nSPS) is 14.2. The van der Waals surface area contributed by atoms with Crippen LogP contribution in [0.5, 0.6) is 0 Å². The Morgan fingerprint density at radius 3 is 2.30 bits per heavy atom. The first-order chi connectivity index (χ1) is 15.8. The second-order valence-corrected chi connectivity index (χ2v) is 8.66. The second-order valence-electron chi connectivity index (χ2n) is 6.94. The van der Waals surface area contributed by atoms with Gasteiger partial charge in [0, 0.05) is 35.1 Å². The van der Waals surface area contributed by atoms with Crippen LogP contribution < -0.4 is 5.32 Å².